The molecule has 1 heterocycles. The number of nitrogens with zero attached hydrogens (tertiary/aromatic N) is 3. The van der Waals surface area contributed by atoms with Gasteiger partial charge in [0.2, 0.25) is 0 Å². The molecule has 1 atom stereocenters. The van der Waals surface area contributed by atoms with Gasteiger partial charge in [-0.15, -0.1) is 5.11 Å². The van der Waals surface area contributed by atoms with E-state index in [9.17, 15) is 0 Å². The summed E-state index contributed by atoms with van der Waals surface area (Å²) in [5.74, 6) is 0. The van der Waals surface area contributed by atoms with E-state index in [1.807, 2.05) is 6.07 Å². The van der Waals surface area contributed by atoms with E-state index < -0.39 is 0 Å². The Morgan fingerprint density at radius 3 is 2.61 bits per heavy atom. The lowest BCUT2D eigenvalue weighted by atomic mass is 9.73. The molecule has 0 spiro atoms. The van der Waals surface area contributed by atoms with Crippen LogP contribution >= 0.6 is 0 Å². The van der Waals surface area contributed by atoms with Crippen LogP contribution in [-0.4, -0.2) is 6.17 Å². The predicted molar refractivity (Wildman–Crippen MR) is 71.9 cm³/mol. The van der Waals surface area contributed by atoms with Crippen LogP contribution in [0.1, 0.15) is 39.0 Å². The summed E-state index contributed by atoms with van der Waals surface area (Å²) in [6, 6.07) is 10.3. The average Bonchev–Trinajstić information content (AvgIpc) is 2.91. The zero-order valence-corrected chi connectivity index (χ0v) is 10.8. The van der Waals surface area contributed by atoms with Crippen molar-refractivity contribution < 1.29 is 0 Å². The summed E-state index contributed by atoms with van der Waals surface area (Å²) in [5, 5.41) is 10.6. The van der Waals surface area contributed by atoms with E-state index in [2.05, 4.69) is 52.1 Å². The van der Waals surface area contributed by atoms with Crippen LogP contribution in [0.2, 0.25) is 0 Å². The van der Waals surface area contributed by atoms with Gasteiger partial charge in [-0.3, -0.25) is 0 Å². The van der Waals surface area contributed by atoms with Crippen LogP contribution in [0.4, 0.5) is 5.69 Å². The number of para-hydroxylation sites is 1. The van der Waals surface area contributed by atoms with Gasteiger partial charge >= 0.3 is 0 Å². The first-order valence-electron chi connectivity index (χ1n) is 6.79. The van der Waals surface area contributed by atoms with Crippen LogP contribution in [0.3, 0.4) is 0 Å². The SMILES string of the molecule is CC1(C2N=NNN2c2ccccc2)CCCCC1. The zero-order valence-electron chi connectivity index (χ0n) is 10.8. The number of rotatable bonds is 2. The van der Waals surface area contributed by atoms with Gasteiger partial charge in [-0.2, -0.15) is 5.53 Å². The Morgan fingerprint density at radius 1 is 1.17 bits per heavy atom. The molecule has 1 unspecified atom stereocenters. The smallest absolute Gasteiger partial charge is 0.169 e. The highest BCUT2D eigenvalue weighted by molar-refractivity contribution is 5.46. The molecule has 0 bridgehead atoms. The second-order valence-corrected chi connectivity index (χ2v) is 5.61. The van der Waals surface area contributed by atoms with Crippen molar-refractivity contribution in [3.63, 3.8) is 0 Å². The maximum absolute atomic E-state index is 4.43. The number of anilines is 1. The Labute approximate surface area is 108 Å². The largest absolute Gasteiger partial charge is 0.244 e. The first-order chi connectivity index (χ1) is 8.80. The molecular formula is C14H20N4. The fraction of sp³-hybridized carbons (Fsp3) is 0.571. The Morgan fingerprint density at radius 2 is 1.89 bits per heavy atom. The molecule has 3 rings (SSSR count). The van der Waals surface area contributed by atoms with E-state index in [1.54, 1.807) is 0 Å². The molecule has 0 saturated heterocycles. The third kappa shape index (κ3) is 1.96. The highest BCUT2D eigenvalue weighted by Crippen LogP contribution is 2.43. The van der Waals surface area contributed by atoms with Gasteiger partial charge in [-0.1, -0.05) is 49.6 Å². The fourth-order valence-electron chi connectivity index (χ4n) is 3.09. The van der Waals surface area contributed by atoms with E-state index in [4.69, 9.17) is 0 Å². The second-order valence-electron chi connectivity index (χ2n) is 5.61. The summed E-state index contributed by atoms with van der Waals surface area (Å²) in [6.45, 7) is 2.35. The van der Waals surface area contributed by atoms with Crippen LogP contribution in [0.25, 0.3) is 0 Å². The summed E-state index contributed by atoms with van der Waals surface area (Å²) in [6.07, 6.45) is 6.58. The molecule has 0 radical (unpaired) electrons. The minimum absolute atomic E-state index is 0.125. The second kappa shape index (κ2) is 4.59. The zero-order chi connectivity index (χ0) is 12.4. The first kappa shape index (κ1) is 11.5. The Hall–Kier alpha value is -1.58. The molecule has 1 fully saturated rings. The number of hydrogen-bond acceptors (Lipinski definition) is 4. The number of hydrogen-bond donors (Lipinski definition) is 1. The summed E-state index contributed by atoms with van der Waals surface area (Å²) in [7, 11) is 0. The third-order valence-corrected chi connectivity index (χ3v) is 4.22. The van der Waals surface area contributed by atoms with E-state index in [-0.39, 0.29) is 11.6 Å². The molecule has 1 aliphatic carbocycles. The molecule has 0 amide bonds. The molecule has 1 aromatic rings. The molecule has 0 aromatic heterocycles. The lowest BCUT2D eigenvalue weighted by Crippen LogP contribution is -2.47. The van der Waals surface area contributed by atoms with Crippen molar-refractivity contribution in [3.05, 3.63) is 30.3 Å². The number of hydrazine groups is 1. The fourth-order valence-corrected chi connectivity index (χ4v) is 3.09. The monoisotopic (exact) mass is 244 g/mol. The summed E-state index contributed by atoms with van der Waals surface area (Å²) < 4.78 is 0. The summed E-state index contributed by atoms with van der Waals surface area (Å²) in [5.41, 5.74) is 4.41. The number of nitrogens with one attached hydrogen (secondary N) is 1. The Bertz CT molecular complexity index is 423. The molecule has 2 aliphatic rings. The Balaban J connectivity index is 1.84. The van der Waals surface area contributed by atoms with E-state index in [1.165, 1.54) is 32.1 Å². The molecular weight excluding hydrogens is 224 g/mol. The van der Waals surface area contributed by atoms with Crippen molar-refractivity contribution in [2.45, 2.75) is 45.2 Å². The van der Waals surface area contributed by atoms with Gasteiger partial charge in [-0.05, 0) is 25.0 Å². The molecule has 1 aliphatic heterocycles. The van der Waals surface area contributed by atoms with E-state index >= 15 is 0 Å². The van der Waals surface area contributed by atoms with Crippen LogP contribution in [0.5, 0.6) is 0 Å². The summed E-state index contributed by atoms with van der Waals surface area (Å²) >= 11 is 0. The molecule has 1 N–H and O–H groups in total. The maximum Gasteiger partial charge on any atom is 0.169 e. The van der Waals surface area contributed by atoms with Gasteiger partial charge in [0.05, 0.1) is 5.69 Å². The highest BCUT2D eigenvalue weighted by Gasteiger charge is 2.42. The average molecular weight is 244 g/mol. The van der Waals surface area contributed by atoms with Gasteiger partial charge in [-0.25, -0.2) is 5.01 Å². The van der Waals surface area contributed by atoms with Crippen molar-refractivity contribution in [2.24, 2.45) is 15.8 Å². The van der Waals surface area contributed by atoms with Gasteiger partial charge in [0.15, 0.2) is 6.17 Å². The van der Waals surface area contributed by atoms with Crippen LogP contribution in [-0.2, 0) is 0 Å². The molecule has 4 nitrogen and oxygen atoms in total. The number of benzene rings is 1. The van der Waals surface area contributed by atoms with Gasteiger partial charge in [0.1, 0.15) is 0 Å². The summed E-state index contributed by atoms with van der Waals surface area (Å²) in [4.78, 5) is 0. The van der Waals surface area contributed by atoms with Crippen molar-refractivity contribution in [3.8, 4) is 0 Å². The van der Waals surface area contributed by atoms with Crippen molar-refractivity contribution in [2.75, 3.05) is 5.01 Å². The lowest BCUT2D eigenvalue weighted by Gasteiger charge is -2.40. The maximum atomic E-state index is 4.43. The topological polar surface area (TPSA) is 40.0 Å². The molecule has 1 saturated carbocycles. The van der Waals surface area contributed by atoms with Crippen molar-refractivity contribution in [1.29, 1.82) is 0 Å². The van der Waals surface area contributed by atoms with Crippen molar-refractivity contribution in [1.82, 2.24) is 5.53 Å². The Kier molecular flexibility index (Phi) is 2.94. The van der Waals surface area contributed by atoms with Crippen LogP contribution < -0.4 is 10.5 Å². The molecule has 1 aromatic carbocycles. The normalized spacial score (nSPS) is 26.1. The molecule has 4 heteroatoms. The quantitative estimate of drug-likeness (QED) is 0.862. The predicted octanol–water partition coefficient (Wildman–Crippen LogP) is 3.67. The standard InChI is InChI=1S/C14H20N4/c1-14(10-6-3-7-11-14)13-15-16-17-18(13)12-8-4-2-5-9-12/h2,4-5,8-9,13H,3,6-7,10-11H2,1H3,(H,15,17). The highest BCUT2D eigenvalue weighted by atomic mass is 15.8. The van der Waals surface area contributed by atoms with Gasteiger partial charge in [0.25, 0.3) is 0 Å². The minimum atomic E-state index is 0.125. The van der Waals surface area contributed by atoms with Crippen molar-refractivity contribution >= 4 is 5.69 Å². The lowest BCUT2D eigenvalue weighted by molar-refractivity contribution is 0.169. The first-order valence-corrected chi connectivity index (χ1v) is 6.79. The molecule has 96 valence electrons. The van der Waals surface area contributed by atoms with Crippen LogP contribution in [0, 0.1) is 5.41 Å². The third-order valence-electron chi connectivity index (χ3n) is 4.22. The van der Waals surface area contributed by atoms with E-state index in [0.717, 1.165) is 5.69 Å². The van der Waals surface area contributed by atoms with Crippen LogP contribution in [0.15, 0.2) is 40.7 Å². The molecule has 18 heavy (non-hydrogen) atoms. The minimum Gasteiger partial charge on any atom is -0.244 e. The van der Waals surface area contributed by atoms with Gasteiger partial charge in [0, 0.05) is 5.41 Å². The van der Waals surface area contributed by atoms with Gasteiger partial charge < -0.3 is 0 Å². The van der Waals surface area contributed by atoms with E-state index in [0.29, 0.717) is 0 Å².